The summed E-state index contributed by atoms with van der Waals surface area (Å²) in [7, 11) is 0. The van der Waals surface area contributed by atoms with Crippen molar-refractivity contribution in [1.82, 2.24) is 9.88 Å². The molecule has 1 fully saturated rings. The second-order valence-electron chi connectivity index (χ2n) is 7.14. The number of likely N-dealkylation sites (tertiary alicyclic amines) is 1. The van der Waals surface area contributed by atoms with Crippen molar-refractivity contribution in [3.05, 3.63) is 36.0 Å². The van der Waals surface area contributed by atoms with E-state index < -0.39 is 23.7 Å². The molecular weight excluding hydrogens is 308 g/mol. The van der Waals surface area contributed by atoms with E-state index in [2.05, 4.69) is 4.98 Å². The molecule has 0 spiro atoms. The van der Waals surface area contributed by atoms with Crippen LogP contribution in [0.4, 0.5) is 4.79 Å². The molecule has 1 saturated heterocycles. The van der Waals surface area contributed by atoms with Gasteiger partial charge >= 0.3 is 12.1 Å². The van der Waals surface area contributed by atoms with Crippen LogP contribution in [0.5, 0.6) is 0 Å². The Balaban J connectivity index is 1.92. The number of carbonyl (C=O) groups is 2. The quantitative estimate of drug-likeness (QED) is 0.884. The van der Waals surface area contributed by atoms with Gasteiger partial charge in [0.2, 0.25) is 0 Å². The number of fused-ring (bicyclic) bond motifs is 1. The van der Waals surface area contributed by atoms with Crippen LogP contribution in [-0.2, 0) is 9.53 Å². The molecule has 2 N–H and O–H groups in total. The van der Waals surface area contributed by atoms with Gasteiger partial charge in [0, 0.05) is 29.6 Å². The monoisotopic (exact) mass is 330 g/mol. The molecule has 1 aliphatic heterocycles. The number of hydrogen-bond donors (Lipinski definition) is 2. The van der Waals surface area contributed by atoms with E-state index in [1.165, 1.54) is 4.90 Å². The molecule has 6 heteroatoms. The van der Waals surface area contributed by atoms with E-state index in [1.54, 1.807) is 20.8 Å². The highest BCUT2D eigenvalue weighted by Crippen LogP contribution is 2.38. The number of aromatic nitrogens is 1. The third kappa shape index (κ3) is 2.96. The number of nitrogens with one attached hydrogen (secondary N) is 1. The van der Waals surface area contributed by atoms with Crippen LogP contribution in [0, 0.1) is 0 Å². The summed E-state index contributed by atoms with van der Waals surface area (Å²) in [4.78, 5) is 28.8. The molecule has 24 heavy (non-hydrogen) atoms. The molecule has 0 saturated carbocycles. The average Bonchev–Trinajstić information content (AvgIpc) is 3.09. The third-order valence-corrected chi connectivity index (χ3v) is 4.30. The molecule has 1 amide bonds. The summed E-state index contributed by atoms with van der Waals surface area (Å²) in [6.45, 7) is 5.69. The maximum Gasteiger partial charge on any atom is 0.411 e. The number of nitrogens with zero attached hydrogens (tertiary/aromatic N) is 1. The van der Waals surface area contributed by atoms with E-state index in [-0.39, 0.29) is 5.92 Å². The van der Waals surface area contributed by atoms with Crippen LogP contribution in [-0.4, -0.2) is 45.2 Å². The lowest BCUT2D eigenvalue weighted by molar-refractivity contribution is -0.142. The Labute approximate surface area is 140 Å². The van der Waals surface area contributed by atoms with Crippen LogP contribution < -0.4 is 0 Å². The van der Waals surface area contributed by atoms with Gasteiger partial charge in [0.25, 0.3) is 0 Å². The SMILES string of the molecule is CC(C)(C)OC(=O)N1CC[C@H](c2c[nH]c3ccccc23)[C@H]1C(=O)O. The predicted molar refractivity (Wildman–Crippen MR) is 90.0 cm³/mol. The van der Waals surface area contributed by atoms with Gasteiger partial charge < -0.3 is 14.8 Å². The fourth-order valence-corrected chi connectivity index (χ4v) is 3.35. The second kappa shape index (κ2) is 5.85. The van der Waals surface area contributed by atoms with Crippen molar-refractivity contribution in [2.24, 2.45) is 0 Å². The molecule has 2 atom stereocenters. The first kappa shape index (κ1) is 16.4. The predicted octanol–water partition coefficient (Wildman–Crippen LogP) is 3.35. The molecule has 0 aliphatic carbocycles. The lowest BCUT2D eigenvalue weighted by Gasteiger charge is -2.28. The summed E-state index contributed by atoms with van der Waals surface area (Å²) in [5.74, 6) is -1.26. The van der Waals surface area contributed by atoms with Gasteiger partial charge in [-0.05, 0) is 38.8 Å². The molecule has 1 aromatic heterocycles. The van der Waals surface area contributed by atoms with Crippen LogP contribution in [0.25, 0.3) is 10.9 Å². The van der Waals surface area contributed by atoms with Gasteiger partial charge in [0.1, 0.15) is 11.6 Å². The molecule has 3 rings (SSSR count). The van der Waals surface area contributed by atoms with Crippen LogP contribution in [0.3, 0.4) is 0 Å². The molecule has 2 aromatic rings. The number of amides is 1. The zero-order chi connectivity index (χ0) is 17.5. The highest BCUT2D eigenvalue weighted by Gasteiger charge is 2.44. The number of para-hydroxylation sites is 1. The maximum atomic E-state index is 12.4. The van der Waals surface area contributed by atoms with Crippen LogP contribution in [0.2, 0.25) is 0 Å². The van der Waals surface area contributed by atoms with Gasteiger partial charge in [-0.1, -0.05) is 18.2 Å². The van der Waals surface area contributed by atoms with Crippen molar-refractivity contribution in [3.8, 4) is 0 Å². The van der Waals surface area contributed by atoms with Gasteiger partial charge in [-0.3, -0.25) is 4.90 Å². The summed E-state index contributed by atoms with van der Waals surface area (Å²) in [6.07, 6.45) is 1.87. The third-order valence-electron chi connectivity index (χ3n) is 4.30. The van der Waals surface area contributed by atoms with Gasteiger partial charge in [0.05, 0.1) is 0 Å². The first-order valence-corrected chi connectivity index (χ1v) is 8.06. The zero-order valence-corrected chi connectivity index (χ0v) is 14.1. The fourth-order valence-electron chi connectivity index (χ4n) is 3.35. The van der Waals surface area contributed by atoms with Crippen molar-refractivity contribution in [2.45, 2.75) is 44.8 Å². The molecular formula is C18H22N2O4. The van der Waals surface area contributed by atoms with Gasteiger partial charge in [-0.15, -0.1) is 0 Å². The van der Waals surface area contributed by atoms with Crippen molar-refractivity contribution >= 4 is 23.0 Å². The van der Waals surface area contributed by atoms with Crippen LogP contribution >= 0.6 is 0 Å². The largest absolute Gasteiger partial charge is 0.480 e. The maximum absolute atomic E-state index is 12.4. The molecule has 1 aromatic carbocycles. The Morgan fingerprint density at radius 3 is 2.67 bits per heavy atom. The van der Waals surface area contributed by atoms with E-state index >= 15 is 0 Å². The number of carboxylic acids is 1. The molecule has 0 bridgehead atoms. The van der Waals surface area contributed by atoms with Crippen molar-refractivity contribution in [2.75, 3.05) is 6.54 Å². The number of hydrogen-bond acceptors (Lipinski definition) is 3. The van der Waals surface area contributed by atoms with Gasteiger partial charge in [-0.2, -0.15) is 0 Å². The minimum Gasteiger partial charge on any atom is -0.480 e. The molecule has 1 aliphatic rings. The molecule has 0 unspecified atom stereocenters. The lowest BCUT2D eigenvalue weighted by Crippen LogP contribution is -2.45. The van der Waals surface area contributed by atoms with Crippen molar-refractivity contribution in [1.29, 1.82) is 0 Å². The number of rotatable bonds is 2. The van der Waals surface area contributed by atoms with Gasteiger partial charge in [0.15, 0.2) is 0 Å². The lowest BCUT2D eigenvalue weighted by atomic mass is 9.91. The average molecular weight is 330 g/mol. The summed E-state index contributed by atoms with van der Waals surface area (Å²) >= 11 is 0. The summed E-state index contributed by atoms with van der Waals surface area (Å²) in [5.41, 5.74) is 1.25. The van der Waals surface area contributed by atoms with Crippen molar-refractivity contribution in [3.63, 3.8) is 0 Å². The molecule has 128 valence electrons. The summed E-state index contributed by atoms with van der Waals surface area (Å²) in [5, 5.41) is 10.7. The highest BCUT2D eigenvalue weighted by atomic mass is 16.6. The minimum absolute atomic E-state index is 0.258. The molecule has 2 heterocycles. The zero-order valence-electron chi connectivity index (χ0n) is 14.1. The number of H-pyrrole nitrogens is 1. The Kier molecular flexibility index (Phi) is 3.99. The van der Waals surface area contributed by atoms with E-state index in [1.807, 2.05) is 30.5 Å². The standard InChI is InChI=1S/C18H22N2O4/c1-18(2,3)24-17(23)20-9-8-12(15(20)16(21)22)13-10-19-14-7-5-4-6-11(13)14/h4-7,10,12,15,19H,8-9H2,1-3H3,(H,21,22)/t12-,15+/m1/s1. The van der Waals surface area contributed by atoms with E-state index in [0.717, 1.165) is 16.5 Å². The number of aliphatic carboxylic acids is 1. The summed E-state index contributed by atoms with van der Waals surface area (Å²) in [6, 6.07) is 6.86. The van der Waals surface area contributed by atoms with E-state index in [4.69, 9.17) is 4.74 Å². The first-order valence-electron chi connectivity index (χ1n) is 8.06. The Hall–Kier alpha value is -2.50. The first-order chi connectivity index (χ1) is 11.3. The Morgan fingerprint density at radius 1 is 1.29 bits per heavy atom. The normalized spacial score (nSPS) is 21.2. The van der Waals surface area contributed by atoms with Gasteiger partial charge in [-0.25, -0.2) is 9.59 Å². The van der Waals surface area contributed by atoms with E-state index in [9.17, 15) is 14.7 Å². The number of carbonyl (C=O) groups excluding carboxylic acids is 1. The topological polar surface area (TPSA) is 82.6 Å². The highest BCUT2D eigenvalue weighted by molar-refractivity contribution is 5.87. The molecule has 0 radical (unpaired) electrons. The fraction of sp³-hybridized carbons (Fsp3) is 0.444. The van der Waals surface area contributed by atoms with Crippen molar-refractivity contribution < 1.29 is 19.4 Å². The number of ether oxygens (including phenoxy) is 1. The second-order valence-corrected chi connectivity index (χ2v) is 7.14. The number of aromatic amines is 1. The minimum atomic E-state index is -1.01. The Bertz CT molecular complexity index is 775. The smallest absolute Gasteiger partial charge is 0.411 e. The van der Waals surface area contributed by atoms with E-state index in [0.29, 0.717) is 13.0 Å². The number of benzene rings is 1. The van der Waals surface area contributed by atoms with Crippen LogP contribution in [0.15, 0.2) is 30.5 Å². The van der Waals surface area contributed by atoms with Crippen LogP contribution in [0.1, 0.15) is 38.7 Å². The summed E-state index contributed by atoms with van der Waals surface area (Å²) < 4.78 is 5.37. The number of carboxylic acid groups (broad SMARTS) is 1. The molecule has 6 nitrogen and oxygen atoms in total. The Morgan fingerprint density at radius 2 is 2.00 bits per heavy atom.